The van der Waals surface area contributed by atoms with Gasteiger partial charge in [-0.1, -0.05) is 13.8 Å². The van der Waals surface area contributed by atoms with E-state index in [4.69, 9.17) is 4.74 Å². The Bertz CT molecular complexity index is 232. The molecule has 0 bridgehead atoms. The lowest BCUT2D eigenvalue weighted by Crippen LogP contribution is -2.39. The van der Waals surface area contributed by atoms with Crippen LogP contribution < -0.4 is 0 Å². The first-order valence-electron chi connectivity index (χ1n) is 6.73. The standard InChI is InChI=1S/C14H24O/c1-13(2)5-7-14(8-6-13)4-3-11-9-12(11)10-15-14/h11-12H,3-10H2,1-2H3/t11-,12-/m1/s1. The third kappa shape index (κ3) is 1.95. The topological polar surface area (TPSA) is 9.23 Å². The monoisotopic (exact) mass is 208 g/mol. The van der Waals surface area contributed by atoms with Crippen molar-refractivity contribution in [2.24, 2.45) is 17.3 Å². The number of hydrogen-bond donors (Lipinski definition) is 0. The predicted molar refractivity (Wildman–Crippen MR) is 61.8 cm³/mol. The maximum Gasteiger partial charge on any atom is 0.0683 e. The minimum atomic E-state index is 0.308. The fraction of sp³-hybridized carbons (Fsp3) is 1.00. The summed E-state index contributed by atoms with van der Waals surface area (Å²) in [5.74, 6) is 1.98. The van der Waals surface area contributed by atoms with Crippen molar-refractivity contribution in [3.63, 3.8) is 0 Å². The molecule has 1 spiro atoms. The van der Waals surface area contributed by atoms with E-state index in [2.05, 4.69) is 13.8 Å². The van der Waals surface area contributed by atoms with Crippen molar-refractivity contribution in [2.45, 2.75) is 64.4 Å². The van der Waals surface area contributed by atoms with Crippen LogP contribution in [0.3, 0.4) is 0 Å². The Hall–Kier alpha value is -0.0400. The minimum absolute atomic E-state index is 0.308. The van der Waals surface area contributed by atoms with Crippen LogP contribution in [0.25, 0.3) is 0 Å². The molecule has 1 heterocycles. The molecule has 0 unspecified atom stereocenters. The van der Waals surface area contributed by atoms with Crippen LogP contribution in [-0.4, -0.2) is 12.2 Å². The molecule has 0 aromatic heterocycles. The lowest BCUT2D eigenvalue weighted by Gasteiger charge is -2.43. The van der Waals surface area contributed by atoms with Gasteiger partial charge in [-0.25, -0.2) is 0 Å². The highest BCUT2D eigenvalue weighted by Gasteiger charge is 2.47. The minimum Gasteiger partial charge on any atom is -0.375 e. The summed E-state index contributed by atoms with van der Waals surface area (Å²) in [5.41, 5.74) is 0.882. The molecule has 0 radical (unpaired) electrons. The molecule has 0 amide bonds. The summed E-state index contributed by atoms with van der Waals surface area (Å²) >= 11 is 0. The van der Waals surface area contributed by atoms with Gasteiger partial charge in [0.1, 0.15) is 0 Å². The fourth-order valence-corrected chi connectivity index (χ4v) is 3.45. The average Bonchev–Trinajstić information content (AvgIpc) is 2.93. The summed E-state index contributed by atoms with van der Waals surface area (Å²) < 4.78 is 6.28. The Kier molecular flexibility index (Phi) is 2.18. The van der Waals surface area contributed by atoms with Gasteiger partial charge in [0.15, 0.2) is 0 Å². The summed E-state index contributed by atoms with van der Waals surface area (Å²) in [7, 11) is 0. The normalized spacial score (nSPS) is 42.0. The van der Waals surface area contributed by atoms with Crippen molar-refractivity contribution in [3.8, 4) is 0 Å². The van der Waals surface area contributed by atoms with Gasteiger partial charge in [0.25, 0.3) is 0 Å². The second kappa shape index (κ2) is 3.23. The lowest BCUT2D eigenvalue weighted by molar-refractivity contribution is -0.0908. The molecule has 1 saturated heterocycles. The molecular weight excluding hydrogens is 184 g/mol. The summed E-state index contributed by atoms with van der Waals surface area (Å²) in [4.78, 5) is 0. The summed E-state index contributed by atoms with van der Waals surface area (Å²) in [6, 6.07) is 0. The smallest absolute Gasteiger partial charge is 0.0683 e. The zero-order valence-electron chi connectivity index (χ0n) is 10.2. The van der Waals surface area contributed by atoms with Gasteiger partial charge in [-0.3, -0.25) is 0 Å². The molecule has 15 heavy (non-hydrogen) atoms. The molecule has 1 aliphatic heterocycles. The lowest BCUT2D eigenvalue weighted by atomic mass is 9.69. The van der Waals surface area contributed by atoms with Gasteiger partial charge in [-0.05, 0) is 62.2 Å². The van der Waals surface area contributed by atoms with E-state index < -0.39 is 0 Å². The van der Waals surface area contributed by atoms with Crippen LogP contribution in [0.5, 0.6) is 0 Å². The highest BCUT2D eigenvalue weighted by atomic mass is 16.5. The van der Waals surface area contributed by atoms with Crippen LogP contribution in [-0.2, 0) is 4.74 Å². The largest absolute Gasteiger partial charge is 0.375 e. The van der Waals surface area contributed by atoms with Gasteiger partial charge >= 0.3 is 0 Å². The van der Waals surface area contributed by atoms with Crippen molar-refractivity contribution in [3.05, 3.63) is 0 Å². The average molecular weight is 208 g/mol. The van der Waals surface area contributed by atoms with Crippen molar-refractivity contribution in [1.29, 1.82) is 0 Å². The van der Waals surface area contributed by atoms with E-state index >= 15 is 0 Å². The quantitative estimate of drug-likeness (QED) is 0.589. The molecule has 3 rings (SSSR count). The molecule has 2 atom stereocenters. The van der Waals surface area contributed by atoms with Gasteiger partial charge in [0, 0.05) is 0 Å². The highest BCUT2D eigenvalue weighted by Crippen LogP contribution is 2.52. The van der Waals surface area contributed by atoms with Crippen LogP contribution in [0, 0.1) is 17.3 Å². The zero-order valence-corrected chi connectivity index (χ0v) is 10.2. The zero-order chi connectivity index (χ0) is 10.5. The number of fused-ring (bicyclic) bond motifs is 1. The first-order chi connectivity index (χ1) is 7.09. The summed E-state index contributed by atoms with van der Waals surface area (Å²) in [5, 5.41) is 0. The Labute approximate surface area is 93.6 Å². The van der Waals surface area contributed by atoms with E-state index in [0.29, 0.717) is 11.0 Å². The van der Waals surface area contributed by atoms with Crippen molar-refractivity contribution in [2.75, 3.05) is 6.61 Å². The fourth-order valence-electron chi connectivity index (χ4n) is 3.45. The molecule has 86 valence electrons. The third-order valence-corrected chi connectivity index (χ3v) is 5.16. The van der Waals surface area contributed by atoms with Crippen LogP contribution in [0.15, 0.2) is 0 Å². The predicted octanol–water partition coefficient (Wildman–Crippen LogP) is 3.77. The molecule has 1 nitrogen and oxygen atoms in total. The second-order valence-electron chi connectivity index (χ2n) is 6.95. The van der Waals surface area contributed by atoms with E-state index in [1.54, 1.807) is 0 Å². The first-order valence-corrected chi connectivity index (χ1v) is 6.73. The van der Waals surface area contributed by atoms with Gasteiger partial charge in [-0.2, -0.15) is 0 Å². The maximum atomic E-state index is 6.28. The molecule has 1 heteroatoms. The van der Waals surface area contributed by atoms with E-state index in [9.17, 15) is 0 Å². The summed E-state index contributed by atoms with van der Waals surface area (Å²) in [6.45, 7) is 5.90. The Morgan fingerprint density at radius 2 is 1.67 bits per heavy atom. The van der Waals surface area contributed by atoms with Crippen LogP contribution >= 0.6 is 0 Å². The second-order valence-corrected chi connectivity index (χ2v) is 6.95. The van der Waals surface area contributed by atoms with Gasteiger partial charge in [-0.15, -0.1) is 0 Å². The van der Waals surface area contributed by atoms with Crippen LogP contribution in [0.1, 0.15) is 58.8 Å². The van der Waals surface area contributed by atoms with Crippen molar-refractivity contribution < 1.29 is 4.74 Å². The Morgan fingerprint density at radius 1 is 0.933 bits per heavy atom. The molecule has 0 aromatic rings. The van der Waals surface area contributed by atoms with E-state index in [1.165, 1.54) is 44.9 Å². The molecule has 2 saturated carbocycles. The number of hydrogen-bond acceptors (Lipinski definition) is 1. The summed E-state index contributed by atoms with van der Waals surface area (Å²) in [6.07, 6.45) is 9.63. The number of rotatable bonds is 0. The van der Waals surface area contributed by atoms with Gasteiger partial charge < -0.3 is 4.74 Å². The first kappa shape index (κ1) is 10.1. The maximum absolute atomic E-state index is 6.28. The molecule has 3 fully saturated rings. The molecule has 0 N–H and O–H groups in total. The molecule has 2 aliphatic carbocycles. The SMILES string of the molecule is CC1(C)CCC2(CC[C@@H]3C[C@@H]3CO2)CC1. The Morgan fingerprint density at radius 3 is 2.40 bits per heavy atom. The van der Waals surface area contributed by atoms with Crippen molar-refractivity contribution in [1.82, 2.24) is 0 Å². The van der Waals surface area contributed by atoms with E-state index in [-0.39, 0.29) is 0 Å². The van der Waals surface area contributed by atoms with Crippen LogP contribution in [0.4, 0.5) is 0 Å². The Balaban J connectivity index is 1.65. The molecule has 0 aromatic carbocycles. The number of ether oxygens (including phenoxy) is 1. The van der Waals surface area contributed by atoms with E-state index in [0.717, 1.165) is 18.4 Å². The molecule has 3 aliphatic rings. The van der Waals surface area contributed by atoms with Crippen molar-refractivity contribution >= 4 is 0 Å². The third-order valence-electron chi connectivity index (χ3n) is 5.16. The highest BCUT2D eigenvalue weighted by molar-refractivity contribution is 4.97. The van der Waals surface area contributed by atoms with Gasteiger partial charge in [0.05, 0.1) is 12.2 Å². The van der Waals surface area contributed by atoms with Crippen LogP contribution in [0.2, 0.25) is 0 Å². The van der Waals surface area contributed by atoms with Gasteiger partial charge in [0.2, 0.25) is 0 Å². The van der Waals surface area contributed by atoms with E-state index in [1.807, 2.05) is 0 Å². The molecular formula is C14H24O.